The summed E-state index contributed by atoms with van der Waals surface area (Å²) in [6.07, 6.45) is -4.59. The highest BCUT2D eigenvalue weighted by atomic mass is 19.4. The van der Waals surface area contributed by atoms with Crippen molar-refractivity contribution in [1.82, 2.24) is 9.88 Å². The number of hydrogen-bond acceptors (Lipinski definition) is 7. The Kier molecular flexibility index (Phi) is 9.23. The maximum atomic E-state index is 13.5. The lowest BCUT2D eigenvalue weighted by atomic mass is 9.84. The predicted molar refractivity (Wildman–Crippen MR) is 172 cm³/mol. The number of ether oxygens (including phenoxy) is 3. The summed E-state index contributed by atoms with van der Waals surface area (Å²) in [5.41, 5.74) is 0.971. The summed E-state index contributed by atoms with van der Waals surface area (Å²) < 4.78 is 57.5. The largest absolute Gasteiger partial charge is 0.496 e. The van der Waals surface area contributed by atoms with Crippen molar-refractivity contribution in [2.45, 2.75) is 84.9 Å². The number of pyridine rings is 1. The minimum atomic E-state index is -4.52. The van der Waals surface area contributed by atoms with Gasteiger partial charge in [0.25, 0.3) is 0 Å². The van der Waals surface area contributed by atoms with Gasteiger partial charge < -0.3 is 19.1 Å². The second kappa shape index (κ2) is 12.7. The topological polar surface area (TPSA) is 81.2 Å². The van der Waals surface area contributed by atoms with E-state index in [9.17, 15) is 22.8 Å². The smallest absolute Gasteiger partial charge is 0.416 e. The van der Waals surface area contributed by atoms with Crippen LogP contribution in [0.15, 0.2) is 54.6 Å². The van der Waals surface area contributed by atoms with Crippen molar-refractivity contribution in [2.24, 2.45) is 5.41 Å². The first-order valence-corrected chi connectivity index (χ1v) is 15.8. The van der Waals surface area contributed by atoms with Crippen molar-refractivity contribution in [3.05, 3.63) is 77.0 Å². The highest BCUT2D eigenvalue weighted by molar-refractivity contribution is 5.78. The van der Waals surface area contributed by atoms with Gasteiger partial charge in [0.05, 0.1) is 36.4 Å². The molecule has 1 aromatic heterocycles. The maximum absolute atomic E-state index is 13.5. The molecule has 0 unspecified atom stereocenters. The SMILES string of the molecule is COc1ccc(CC(C)(C)C(=O)OC(C)(C)C)cc1-c1ccc(N2CCC2)nc1CN1C(=O)O[C@H](c2cccc(C(F)(F)F)c2)[C@@H]1C. The van der Waals surface area contributed by atoms with E-state index in [1.807, 2.05) is 65.0 Å². The number of carbonyl (C=O) groups is 2. The lowest BCUT2D eigenvalue weighted by molar-refractivity contribution is -0.165. The van der Waals surface area contributed by atoms with E-state index < -0.39 is 41.0 Å². The van der Waals surface area contributed by atoms with Gasteiger partial charge in [-0.05, 0) is 102 Å². The van der Waals surface area contributed by atoms with E-state index >= 15 is 0 Å². The molecule has 1 amide bonds. The Morgan fingerprint density at radius 2 is 1.72 bits per heavy atom. The van der Waals surface area contributed by atoms with Gasteiger partial charge in [0.15, 0.2) is 0 Å². The number of carbonyl (C=O) groups excluding carboxylic acids is 2. The molecule has 3 aromatic rings. The van der Waals surface area contributed by atoms with Gasteiger partial charge in [-0.1, -0.05) is 18.2 Å². The van der Waals surface area contributed by atoms with Crippen molar-refractivity contribution in [1.29, 1.82) is 0 Å². The first-order valence-electron chi connectivity index (χ1n) is 15.8. The van der Waals surface area contributed by atoms with E-state index in [1.165, 1.54) is 17.0 Å². The predicted octanol–water partition coefficient (Wildman–Crippen LogP) is 7.98. The van der Waals surface area contributed by atoms with Crippen LogP contribution in [0.25, 0.3) is 11.1 Å². The summed E-state index contributed by atoms with van der Waals surface area (Å²) in [6.45, 7) is 12.8. The average Bonchev–Trinajstić information content (AvgIpc) is 3.23. The van der Waals surface area contributed by atoms with Crippen LogP contribution in [0.2, 0.25) is 0 Å². The zero-order valence-corrected chi connectivity index (χ0v) is 27.9. The van der Waals surface area contributed by atoms with Gasteiger partial charge >= 0.3 is 18.2 Å². The fraction of sp³-hybridized carbons (Fsp3) is 0.472. The van der Waals surface area contributed by atoms with E-state index in [-0.39, 0.29) is 18.1 Å². The van der Waals surface area contributed by atoms with Gasteiger partial charge in [-0.2, -0.15) is 13.2 Å². The van der Waals surface area contributed by atoms with Crippen LogP contribution in [-0.4, -0.2) is 53.8 Å². The van der Waals surface area contributed by atoms with Crippen LogP contribution in [0, 0.1) is 5.41 Å². The van der Waals surface area contributed by atoms with Crippen LogP contribution >= 0.6 is 0 Å². The molecule has 5 rings (SSSR count). The summed E-state index contributed by atoms with van der Waals surface area (Å²) in [4.78, 5) is 34.9. The number of hydrogen-bond donors (Lipinski definition) is 0. The molecule has 0 N–H and O–H groups in total. The van der Waals surface area contributed by atoms with Gasteiger partial charge in [-0.25, -0.2) is 9.78 Å². The molecule has 0 saturated carbocycles. The average molecular weight is 654 g/mol. The molecule has 0 aliphatic carbocycles. The molecular formula is C36H42F3N3O5. The van der Waals surface area contributed by atoms with Crippen LogP contribution in [0.4, 0.5) is 23.8 Å². The van der Waals surface area contributed by atoms with Gasteiger partial charge in [-0.15, -0.1) is 0 Å². The summed E-state index contributed by atoms with van der Waals surface area (Å²) in [5.74, 6) is 1.05. The van der Waals surface area contributed by atoms with Gasteiger partial charge in [-0.3, -0.25) is 9.69 Å². The molecule has 2 saturated heterocycles. The number of rotatable bonds is 9. The van der Waals surface area contributed by atoms with Crippen LogP contribution in [0.5, 0.6) is 5.75 Å². The minimum absolute atomic E-state index is 0.0588. The third-order valence-corrected chi connectivity index (χ3v) is 8.55. The summed E-state index contributed by atoms with van der Waals surface area (Å²) >= 11 is 0. The molecule has 2 aromatic carbocycles. The normalized spacial score (nSPS) is 18.6. The lowest BCUT2D eigenvalue weighted by Crippen LogP contribution is -2.38. The van der Waals surface area contributed by atoms with E-state index in [0.717, 1.165) is 54.2 Å². The molecule has 0 radical (unpaired) electrons. The molecule has 252 valence electrons. The molecular weight excluding hydrogens is 611 g/mol. The minimum Gasteiger partial charge on any atom is -0.496 e. The van der Waals surface area contributed by atoms with E-state index in [1.54, 1.807) is 14.0 Å². The number of esters is 1. The number of cyclic esters (lactones) is 1. The zero-order chi connectivity index (χ0) is 34.3. The second-order valence-corrected chi connectivity index (χ2v) is 13.9. The fourth-order valence-corrected chi connectivity index (χ4v) is 5.86. The third kappa shape index (κ3) is 7.49. The monoisotopic (exact) mass is 653 g/mol. The van der Waals surface area contributed by atoms with Crippen LogP contribution in [0.3, 0.4) is 0 Å². The first-order chi connectivity index (χ1) is 22.0. The fourth-order valence-electron chi connectivity index (χ4n) is 5.86. The quantitative estimate of drug-likeness (QED) is 0.217. The van der Waals surface area contributed by atoms with Crippen molar-refractivity contribution >= 4 is 17.9 Å². The molecule has 47 heavy (non-hydrogen) atoms. The number of anilines is 1. The van der Waals surface area contributed by atoms with Crippen LogP contribution in [0.1, 0.15) is 76.5 Å². The highest BCUT2D eigenvalue weighted by Crippen LogP contribution is 2.40. The lowest BCUT2D eigenvalue weighted by Gasteiger charge is -2.33. The molecule has 2 fully saturated rings. The number of amides is 1. The molecule has 2 aliphatic rings. The molecule has 2 atom stereocenters. The Morgan fingerprint density at radius 1 is 1.00 bits per heavy atom. The number of alkyl halides is 3. The van der Waals surface area contributed by atoms with Crippen molar-refractivity contribution < 1.29 is 37.0 Å². The Balaban J connectivity index is 1.49. The van der Waals surface area contributed by atoms with Crippen LogP contribution < -0.4 is 9.64 Å². The Bertz CT molecular complexity index is 1650. The van der Waals surface area contributed by atoms with Gasteiger partial charge in [0.2, 0.25) is 0 Å². The molecule has 2 aliphatic heterocycles. The van der Waals surface area contributed by atoms with E-state index in [2.05, 4.69) is 4.90 Å². The summed E-state index contributed by atoms with van der Waals surface area (Å²) in [6, 6.07) is 13.9. The maximum Gasteiger partial charge on any atom is 0.416 e. The highest BCUT2D eigenvalue weighted by Gasteiger charge is 2.41. The molecule has 11 heteroatoms. The first kappa shape index (κ1) is 34.1. The Morgan fingerprint density at radius 3 is 2.34 bits per heavy atom. The van der Waals surface area contributed by atoms with Crippen LogP contribution in [-0.2, 0) is 33.4 Å². The number of nitrogens with zero attached hydrogens (tertiary/aromatic N) is 3. The Hall–Kier alpha value is -4.28. The third-order valence-electron chi connectivity index (χ3n) is 8.55. The molecule has 0 spiro atoms. The van der Waals surface area contributed by atoms with Gasteiger partial charge in [0, 0.05) is 24.2 Å². The van der Waals surface area contributed by atoms with Crippen molar-refractivity contribution in [2.75, 3.05) is 25.1 Å². The van der Waals surface area contributed by atoms with Crippen molar-refractivity contribution in [3.63, 3.8) is 0 Å². The van der Waals surface area contributed by atoms with E-state index in [0.29, 0.717) is 17.9 Å². The summed E-state index contributed by atoms with van der Waals surface area (Å²) in [7, 11) is 1.57. The molecule has 8 nitrogen and oxygen atoms in total. The van der Waals surface area contributed by atoms with Crippen molar-refractivity contribution in [3.8, 4) is 16.9 Å². The standard InChI is InChI=1S/C36H42F3N3O5/c1-22-31(24-10-8-11-25(19-24)36(37,38)39)46-33(44)42(22)21-28-26(13-15-30(40-28)41-16-9-17-41)27-18-23(12-14-29(27)45-7)20-35(5,6)32(43)47-34(2,3)4/h8,10-15,18-19,22,31H,9,16-17,20-21H2,1-7H3/t22-,31-/m0/s1. The number of methoxy groups -OCH3 is 1. The molecule has 0 bridgehead atoms. The second-order valence-electron chi connectivity index (χ2n) is 13.9. The Labute approximate surface area is 273 Å². The number of aromatic nitrogens is 1. The van der Waals surface area contributed by atoms with E-state index in [4.69, 9.17) is 19.2 Å². The zero-order valence-electron chi connectivity index (χ0n) is 27.9. The number of halogens is 3. The van der Waals surface area contributed by atoms with Gasteiger partial charge in [0.1, 0.15) is 23.3 Å². The number of benzene rings is 2. The molecule has 3 heterocycles. The summed E-state index contributed by atoms with van der Waals surface area (Å²) in [5, 5.41) is 0.